The Morgan fingerprint density at radius 1 is 1.12 bits per heavy atom. The Morgan fingerprint density at radius 2 is 1.53 bits per heavy atom. The topological polar surface area (TPSA) is 72.8 Å². The van der Waals surface area contributed by atoms with Crippen molar-refractivity contribution >= 4 is 11.9 Å². The second kappa shape index (κ2) is 6.00. The first kappa shape index (κ1) is 15.9. The minimum Gasteiger partial charge on any atom is -0.423 e. The van der Waals surface area contributed by atoms with E-state index >= 15 is 0 Å². The molecule has 0 unspecified atom stereocenters. The number of carbonyl (C=O) groups excluding carboxylic acids is 2. The van der Waals surface area contributed by atoms with Gasteiger partial charge in [-0.15, -0.1) is 0 Å². The summed E-state index contributed by atoms with van der Waals surface area (Å²) in [5.41, 5.74) is -0.812. The summed E-state index contributed by atoms with van der Waals surface area (Å²) < 4.78 is 9.78. The molecule has 0 atom stereocenters. The van der Waals surface area contributed by atoms with Crippen LogP contribution in [-0.4, -0.2) is 28.4 Å². The fraction of sp³-hybridized carbons (Fsp3) is 0.750. The largest absolute Gasteiger partial charge is 0.423 e. The monoisotopic (exact) mass is 245 g/mol. The van der Waals surface area contributed by atoms with Crippen LogP contribution in [0.15, 0.2) is 0 Å². The molecule has 0 saturated carbocycles. The Balaban J connectivity index is 4.38. The fourth-order valence-electron chi connectivity index (χ4n) is 1.44. The highest BCUT2D eigenvalue weighted by Gasteiger charge is 2.31. The zero-order chi connectivity index (χ0) is 13.7. The first-order valence-corrected chi connectivity index (χ1v) is 5.51. The maximum Gasteiger partial charge on any atom is 0.305 e. The third-order valence-electron chi connectivity index (χ3n) is 2.01. The van der Waals surface area contributed by atoms with Crippen LogP contribution in [0, 0.1) is 6.92 Å². The lowest BCUT2D eigenvalue weighted by Gasteiger charge is -2.29. The number of ether oxygens (including phenoxy) is 2. The van der Waals surface area contributed by atoms with Gasteiger partial charge >= 0.3 is 11.9 Å². The lowest BCUT2D eigenvalue weighted by Crippen LogP contribution is -2.36. The predicted octanol–water partition coefficient (Wildman–Crippen LogP) is 1.58. The van der Waals surface area contributed by atoms with Crippen molar-refractivity contribution in [2.45, 2.75) is 58.3 Å². The van der Waals surface area contributed by atoms with E-state index in [2.05, 4.69) is 6.92 Å². The average molecular weight is 245 g/mol. The predicted molar refractivity (Wildman–Crippen MR) is 61.8 cm³/mol. The van der Waals surface area contributed by atoms with Gasteiger partial charge in [-0.3, -0.25) is 9.59 Å². The second-order valence-electron chi connectivity index (χ2n) is 4.76. The van der Waals surface area contributed by atoms with Crippen molar-refractivity contribution in [1.82, 2.24) is 0 Å². The van der Waals surface area contributed by atoms with Crippen LogP contribution in [0.1, 0.15) is 47.0 Å². The highest BCUT2D eigenvalue weighted by Crippen LogP contribution is 2.23. The highest BCUT2D eigenvalue weighted by molar-refractivity contribution is 5.69. The van der Waals surface area contributed by atoms with Crippen LogP contribution >= 0.6 is 0 Å². The van der Waals surface area contributed by atoms with Gasteiger partial charge in [0.05, 0.1) is 5.60 Å². The van der Waals surface area contributed by atoms with Crippen LogP contribution in [0.3, 0.4) is 0 Å². The summed E-state index contributed by atoms with van der Waals surface area (Å²) in [6.45, 7) is 9.40. The van der Waals surface area contributed by atoms with Crippen molar-refractivity contribution in [2.24, 2.45) is 0 Å². The Kier molecular flexibility index (Phi) is 5.61. The zero-order valence-corrected chi connectivity index (χ0v) is 10.9. The molecule has 1 N–H and O–H groups in total. The van der Waals surface area contributed by atoms with Gasteiger partial charge in [-0.05, 0) is 26.7 Å². The molecule has 0 aliphatic carbocycles. The minimum atomic E-state index is -1.50. The molecular weight excluding hydrogens is 224 g/mol. The van der Waals surface area contributed by atoms with E-state index in [9.17, 15) is 14.7 Å². The van der Waals surface area contributed by atoms with E-state index in [1.807, 2.05) is 0 Å². The van der Waals surface area contributed by atoms with Crippen LogP contribution in [0.25, 0.3) is 0 Å². The van der Waals surface area contributed by atoms with Gasteiger partial charge in [0.2, 0.25) is 0 Å². The first-order chi connectivity index (χ1) is 7.54. The quantitative estimate of drug-likeness (QED) is 0.568. The molecule has 17 heavy (non-hydrogen) atoms. The molecule has 5 nitrogen and oxygen atoms in total. The number of hydrogen-bond acceptors (Lipinski definition) is 5. The van der Waals surface area contributed by atoms with Crippen molar-refractivity contribution in [3.8, 4) is 0 Å². The van der Waals surface area contributed by atoms with Crippen LogP contribution in [0.4, 0.5) is 0 Å². The summed E-state index contributed by atoms with van der Waals surface area (Å²) in [6.07, 6.45) is 1.26. The van der Waals surface area contributed by atoms with Crippen molar-refractivity contribution < 1.29 is 24.2 Å². The number of aliphatic hydroxyl groups is 1. The first-order valence-electron chi connectivity index (χ1n) is 5.51. The molecular formula is C12H21O5. The molecule has 0 saturated heterocycles. The summed E-state index contributed by atoms with van der Waals surface area (Å²) in [5.74, 6) is -2.63. The number of hydrogen-bond donors (Lipinski definition) is 1. The van der Waals surface area contributed by atoms with Gasteiger partial charge in [0.25, 0.3) is 5.79 Å². The third kappa shape index (κ3) is 8.68. The van der Waals surface area contributed by atoms with Crippen molar-refractivity contribution in [2.75, 3.05) is 0 Å². The summed E-state index contributed by atoms with van der Waals surface area (Å²) in [4.78, 5) is 21.8. The molecule has 0 aromatic heterocycles. The number of carbonyl (C=O) groups is 2. The van der Waals surface area contributed by atoms with Crippen LogP contribution in [-0.2, 0) is 19.1 Å². The van der Waals surface area contributed by atoms with E-state index in [-0.39, 0.29) is 6.42 Å². The van der Waals surface area contributed by atoms with E-state index in [4.69, 9.17) is 9.47 Å². The molecule has 0 fully saturated rings. The molecule has 0 rings (SSSR count). The summed E-state index contributed by atoms with van der Waals surface area (Å²) in [7, 11) is 0. The maximum absolute atomic E-state index is 10.9. The van der Waals surface area contributed by atoms with Crippen molar-refractivity contribution in [3.05, 3.63) is 6.92 Å². The molecule has 1 radical (unpaired) electrons. The molecule has 99 valence electrons. The van der Waals surface area contributed by atoms with Gasteiger partial charge in [-0.25, -0.2) is 0 Å². The SMILES string of the molecule is [CH2]C(CCCC(C)(C)O)(OC(C)=O)OC(C)=O. The molecule has 0 amide bonds. The molecule has 5 heteroatoms. The van der Waals surface area contributed by atoms with Gasteiger partial charge in [-0.2, -0.15) is 0 Å². The normalized spacial score (nSPS) is 12.1. The molecule has 0 bridgehead atoms. The molecule has 0 aromatic carbocycles. The van der Waals surface area contributed by atoms with Crippen LogP contribution in [0.5, 0.6) is 0 Å². The zero-order valence-electron chi connectivity index (χ0n) is 10.9. The number of rotatable bonds is 6. The van der Waals surface area contributed by atoms with Crippen molar-refractivity contribution in [3.63, 3.8) is 0 Å². The summed E-state index contributed by atoms with van der Waals surface area (Å²) in [5, 5.41) is 9.54. The van der Waals surface area contributed by atoms with Gasteiger partial charge < -0.3 is 14.6 Å². The molecule has 0 aliphatic rings. The smallest absolute Gasteiger partial charge is 0.305 e. The van der Waals surface area contributed by atoms with Crippen molar-refractivity contribution in [1.29, 1.82) is 0 Å². The lowest BCUT2D eigenvalue weighted by atomic mass is 9.99. The van der Waals surface area contributed by atoms with E-state index in [1.54, 1.807) is 13.8 Å². The van der Waals surface area contributed by atoms with Gasteiger partial charge in [0.15, 0.2) is 0 Å². The minimum absolute atomic E-state index is 0.246. The maximum atomic E-state index is 10.9. The fourth-order valence-corrected chi connectivity index (χ4v) is 1.44. The summed E-state index contributed by atoms with van der Waals surface area (Å²) in [6, 6.07) is 0. The second-order valence-corrected chi connectivity index (χ2v) is 4.76. The Labute approximate surface area is 102 Å². The van der Waals surface area contributed by atoms with Gasteiger partial charge in [0, 0.05) is 27.2 Å². The lowest BCUT2D eigenvalue weighted by molar-refractivity contribution is -0.212. The highest BCUT2D eigenvalue weighted by atomic mass is 16.7. The summed E-state index contributed by atoms with van der Waals surface area (Å²) >= 11 is 0. The third-order valence-corrected chi connectivity index (χ3v) is 2.01. The van der Waals surface area contributed by atoms with Gasteiger partial charge in [-0.1, -0.05) is 0 Å². The van der Waals surface area contributed by atoms with E-state index < -0.39 is 23.3 Å². The Morgan fingerprint density at radius 3 is 1.82 bits per heavy atom. The standard InChI is InChI=1S/C12H21O5/c1-9(13)16-12(5,17-10(2)14)8-6-7-11(3,4)15/h15H,5-8H2,1-4H3. The van der Waals surface area contributed by atoms with Crippen LogP contribution in [0.2, 0.25) is 0 Å². The molecule has 0 aliphatic heterocycles. The average Bonchev–Trinajstić information content (AvgIpc) is 1.95. The van der Waals surface area contributed by atoms with Gasteiger partial charge in [0.1, 0.15) is 0 Å². The molecule has 0 aromatic rings. The molecule has 0 spiro atoms. The number of esters is 2. The van der Waals surface area contributed by atoms with E-state index in [0.717, 1.165) is 0 Å². The van der Waals surface area contributed by atoms with E-state index in [0.29, 0.717) is 12.8 Å². The Bertz CT molecular complexity index is 261. The Hall–Kier alpha value is -1.10. The van der Waals surface area contributed by atoms with Crippen LogP contribution < -0.4 is 0 Å². The van der Waals surface area contributed by atoms with E-state index in [1.165, 1.54) is 13.8 Å². The molecule has 0 heterocycles.